The molecule has 0 aliphatic carbocycles. The van der Waals surface area contributed by atoms with Crippen molar-refractivity contribution in [1.29, 1.82) is 0 Å². The van der Waals surface area contributed by atoms with Gasteiger partial charge >= 0.3 is 18.3 Å². The number of allylic oxidation sites excluding steroid dienone is 2. The van der Waals surface area contributed by atoms with Gasteiger partial charge in [0, 0.05) is 11.1 Å². The van der Waals surface area contributed by atoms with E-state index in [1.807, 2.05) is 0 Å². The van der Waals surface area contributed by atoms with E-state index in [0.717, 1.165) is 0 Å². The molecule has 0 fully saturated rings. The summed E-state index contributed by atoms with van der Waals surface area (Å²) in [5, 5.41) is 0. The van der Waals surface area contributed by atoms with Gasteiger partial charge in [-0.25, -0.2) is 0 Å². The third-order valence-corrected chi connectivity index (χ3v) is 1.81. The molecule has 0 radical (unpaired) electrons. The fraction of sp³-hybridized carbons (Fsp3) is 0.714. The predicted octanol–water partition coefficient (Wildman–Crippen LogP) is 4.08. The third kappa shape index (κ3) is 2.82. The van der Waals surface area contributed by atoms with Gasteiger partial charge in [0.1, 0.15) is 0 Å². The molecule has 0 nitrogen and oxygen atoms in total. The summed E-state index contributed by atoms with van der Waals surface area (Å²) in [6.07, 6.45) is -11.2. The van der Waals surface area contributed by atoms with Crippen molar-refractivity contribution < 1.29 is 35.1 Å². The zero-order chi connectivity index (χ0) is 12.7. The summed E-state index contributed by atoms with van der Waals surface area (Å²) in [5.74, 6) is -5.47. The maximum absolute atomic E-state index is 12.4. The Kier molecular flexibility index (Phi) is 3.44. The summed E-state index contributed by atoms with van der Waals surface area (Å²) in [5.41, 5.74) is -3.98. The summed E-state index contributed by atoms with van der Waals surface area (Å²) >= 11 is 0. The Bertz CT molecular complexity index is 266. The highest BCUT2D eigenvalue weighted by atomic mass is 19.4. The van der Waals surface area contributed by atoms with Crippen molar-refractivity contribution in [2.75, 3.05) is 0 Å². The predicted molar refractivity (Wildman–Crippen MR) is 35.4 cm³/mol. The molecule has 0 saturated carbocycles. The van der Waals surface area contributed by atoms with Gasteiger partial charge in [-0.05, 0) is 13.8 Å². The molecule has 0 aliphatic rings. The van der Waals surface area contributed by atoms with Crippen LogP contribution in [0.4, 0.5) is 35.1 Å². The average molecular weight is 242 g/mol. The molecule has 0 heterocycles. The first-order valence-corrected chi connectivity index (χ1v) is 3.51. The monoisotopic (exact) mass is 242 g/mol. The second kappa shape index (κ2) is 3.64. The van der Waals surface area contributed by atoms with Crippen LogP contribution in [0.2, 0.25) is 0 Å². The standard InChI is InChI=1S/C7H6F8/c1-3(4(2)6(10,11)12)5(8,9)7(13,14)15/h1-2H3/b4-3+. The lowest BCUT2D eigenvalue weighted by atomic mass is 10.0. The minimum Gasteiger partial charge on any atom is -0.191 e. The molecule has 0 amide bonds. The highest BCUT2D eigenvalue weighted by Crippen LogP contribution is 2.44. The molecule has 0 aromatic rings. The average Bonchev–Trinajstić information content (AvgIpc) is 1.97. The molecule has 0 aromatic heterocycles. The molecule has 0 N–H and O–H groups in total. The van der Waals surface area contributed by atoms with Crippen LogP contribution in [0.1, 0.15) is 13.8 Å². The number of hydrogen-bond donors (Lipinski definition) is 0. The van der Waals surface area contributed by atoms with Crippen molar-refractivity contribution in [3.63, 3.8) is 0 Å². The van der Waals surface area contributed by atoms with Crippen LogP contribution in [0, 0.1) is 0 Å². The second-order valence-corrected chi connectivity index (χ2v) is 2.82. The van der Waals surface area contributed by atoms with Gasteiger partial charge in [-0.1, -0.05) is 0 Å². The normalized spacial score (nSPS) is 16.4. The van der Waals surface area contributed by atoms with Crippen LogP contribution in [-0.4, -0.2) is 18.3 Å². The number of hydrogen-bond acceptors (Lipinski definition) is 0. The van der Waals surface area contributed by atoms with E-state index in [1.165, 1.54) is 0 Å². The van der Waals surface area contributed by atoms with Gasteiger partial charge in [-0.15, -0.1) is 0 Å². The minimum atomic E-state index is -6.02. The van der Waals surface area contributed by atoms with Crippen LogP contribution in [0.25, 0.3) is 0 Å². The first-order valence-electron chi connectivity index (χ1n) is 3.51. The summed E-state index contributed by atoms with van der Waals surface area (Å²) in [6.45, 7) is 0.283. The van der Waals surface area contributed by atoms with Crippen LogP contribution in [0.15, 0.2) is 11.1 Å². The zero-order valence-electron chi connectivity index (χ0n) is 7.52. The minimum absolute atomic E-state index is 0.107. The molecule has 8 heteroatoms. The van der Waals surface area contributed by atoms with E-state index in [9.17, 15) is 35.1 Å². The van der Waals surface area contributed by atoms with Crippen molar-refractivity contribution in [3.05, 3.63) is 11.1 Å². The maximum Gasteiger partial charge on any atom is 0.457 e. The molecule has 90 valence electrons. The van der Waals surface area contributed by atoms with E-state index in [2.05, 4.69) is 0 Å². The van der Waals surface area contributed by atoms with Crippen molar-refractivity contribution in [2.45, 2.75) is 32.1 Å². The van der Waals surface area contributed by atoms with Crippen LogP contribution < -0.4 is 0 Å². The molecule has 0 aliphatic heterocycles. The van der Waals surface area contributed by atoms with E-state index in [-0.39, 0.29) is 13.8 Å². The van der Waals surface area contributed by atoms with Gasteiger partial charge in [-0.3, -0.25) is 0 Å². The van der Waals surface area contributed by atoms with Crippen molar-refractivity contribution in [2.24, 2.45) is 0 Å². The van der Waals surface area contributed by atoms with Crippen LogP contribution in [0.3, 0.4) is 0 Å². The van der Waals surface area contributed by atoms with Crippen molar-refractivity contribution in [3.8, 4) is 0 Å². The number of halogens is 8. The molecule has 0 unspecified atom stereocenters. The van der Waals surface area contributed by atoms with Gasteiger partial charge in [0.25, 0.3) is 0 Å². The Morgan fingerprint density at radius 3 is 1.20 bits per heavy atom. The zero-order valence-corrected chi connectivity index (χ0v) is 7.52. The Hall–Kier alpha value is -0.820. The second-order valence-electron chi connectivity index (χ2n) is 2.82. The summed E-state index contributed by atoms with van der Waals surface area (Å²) in [7, 11) is 0. The number of rotatable bonds is 1. The Morgan fingerprint density at radius 1 is 0.667 bits per heavy atom. The topological polar surface area (TPSA) is 0 Å². The highest BCUT2D eigenvalue weighted by Gasteiger charge is 2.60. The summed E-state index contributed by atoms with van der Waals surface area (Å²) < 4.78 is 95.5. The Balaban J connectivity index is 5.44. The highest BCUT2D eigenvalue weighted by molar-refractivity contribution is 5.23. The lowest BCUT2D eigenvalue weighted by Crippen LogP contribution is -2.39. The SMILES string of the molecule is C/C(=C(/C)C(F)(F)C(F)(F)F)C(F)(F)F. The van der Waals surface area contributed by atoms with E-state index >= 15 is 0 Å². The molecule has 0 rings (SSSR count). The molecule has 15 heavy (non-hydrogen) atoms. The molecule has 0 saturated heterocycles. The molecular weight excluding hydrogens is 236 g/mol. The summed E-state index contributed by atoms with van der Waals surface area (Å²) in [6, 6.07) is 0. The first-order chi connectivity index (χ1) is 6.32. The van der Waals surface area contributed by atoms with E-state index < -0.39 is 29.4 Å². The molecule has 0 atom stereocenters. The van der Waals surface area contributed by atoms with E-state index in [1.54, 1.807) is 0 Å². The Labute approximate surface area is 79.6 Å². The Morgan fingerprint density at radius 2 is 1.00 bits per heavy atom. The van der Waals surface area contributed by atoms with Crippen LogP contribution in [0.5, 0.6) is 0 Å². The molecule has 0 spiro atoms. The lowest BCUT2D eigenvalue weighted by molar-refractivity contribution is -0.265. The van der Waals surface area contributed by atoms with Crippen molar-refractivity contribution >= 4 is 0 Å². The van der Waals surface area contributed by atoms with Gasteiger partial charge in [0.2, 0.25) is 0 Å². The van der Waals surface area contributed by atoms with Gasteiger partial charge in [-0.2, -0.15) is 35.1 Å². The smallest absolute Gasteiger partial charge is 0.191 e. The summed E-state index contributed by atoms with van der Waals surface area (Å²) in [4.78, 5) is 0. The van der Waals surface area contributed by atoms with E-state index in [4.69, 9.17) is 0 Å². The fourth-order valence-corrected chi connectivity index (χ4v) is 0.661. The molecule has 0 bridgehead atoms. The van der Waals surface area contributed by atoms with Gasteiger partial charge in [0.15, 0.2) is 0 Å². The van der Waals surface area contributed by atoms with Gasteiger partial charge < -0.3 is 0 Å². The fourth-order valence-electron chi connectivity index (χ4n) is 0.661. The first kappa shape index (κ1) is 14.2. The van der Waals surface area contributed by atoms with Crippen molar-refractivity contribution in [1.82, 2.24) is 0 Å². The maximum atomic E-state index is 12.4. The largest absolute Gasteiger partial charge is 0.457 e. The van der Waals surface area contributed by atoms with Crippen LogP contribution >= 0.6 is 0 Å². The van der Waals surface area contributed by atoms with Gasteiger partial charge in [0.05, 0.1) is 0 Å². The molecular formula is C7H6F8. The quantitative estimate of drug-likeness (QED) is 0.480. The number of alkyl halides is 8. The third-order valence-electron chi connectivity index (χ3n) is 1.81. The molecule has 0 aromatic carbocycles. The lowest BCUT2D eigenvalue weighted by Gasteiger charge is -2.23. The van der Waals surface area contributed by atoms with E-state index in [0.29, 0.717) is 0 Å². The van der Waals surface area contributed by atoms with Crippen LogP contribution in [-0.2, 0) is 0 Å².